The zero-order chi connectivity index (χ0) is 23.7. The topological polar surface area (TPSA) is 29.9 Å². The van der Waals surface area contributed by atoms with E-state index >= 15 is 0 Å². The largest absolute Gasteiger partial charge is 0.437 e. The molecule has 0 radical (unpaired) electrons. The fourth-order valence-corrected chi connectivity index (χ4v) is 4.18. The molecule has 3 aromatic heterocycles. The first kappa shape index (κ1) is 13.9. The molecule has 3 heteroatoms. The average molecular weight is 386 g/mol. The third kappa shape index (κ3) is 2.65. The average Bonchev–Trinajstić information content (AvgIpc) is 3.12. The maximum atomic E-state index is 8.56. The summed E-state index contributed by atoms with van der Waals surface area (Å²) in [5.41, 5.74) is 5.29. The van der Waals surface area contributed by atoms with Gasteiger partial charge in [-0.3, -0.25) is 0 Å². The van der Waals surface area contributed by atoms with Gasteiger partial charge in [0.15, 0.2) is 11.8 Å². The van der Waals surface area contributed by atoms with Gasteiger partial charge >= 0.3 is 0 Å². The lowest BCUT2D eigenvalue weighted by molar-refractivity contribution is -0.660. The van der Waals surface area contributed by atoms with Crippen LogP contribution in [0.25, 0.3) is 44.1 Å². The molecule has 1 unspecified atom stereocenters. The van der Waals surface area contributed by atoms with Crippen LogP contribution in [0.1, 0.15) is 42.0 Å². The molecule has 3 heterocycles. The summed E-state index contributed by atoms with van der Waals surface area (Å²) < 4.78 is 40.4. The van der Waals surface area contributed by atoms with E-state index in [1.54, 1.807) is 12.1 Å². The second kappa shape index (κ2) is 6.41. The summed E-state index contributed by atoms with van der Waals surface area (Å²) in [5.74, 6) is -1.74. The van der Waals surface area contributed by atoms with Crippen molar-refractivity contribution in [2.75, 3.05) is 0 Å². The molecule has 0 amide bonds. The van der Waals surface area contributed by atoms with Crippen LogP contribution in [0.4, 0.5) is 0 Å². The fourth-order valence-electron chi connectivity index (χ4n) is 4.18. The molecule has 29 heavy (non-hydrogen) atoms. The first-order chi connectivity index (χ1) is 15.5. The van der Waals surface area contributed by atoms with Gasteiger partial charge < -0.3 is 4.42 Å². The van der Waals surface area contributed by atoms with E-state index in [2.05, 4.69) is 24.3 Å². The van der Waals surface area contributed by atoms with Crippen LogP contribution in [0.3, 0.4) is 0 Å². The minimum atomic E-state index is -2.45. The van der Waals surface area contributed by atoms with Crippen molar-refractivity contribution in [2.24, 2.45) is 7.05 Å². The van der Waals surface area contributed by atoms with Gasteiger partial charge in [0, 0.05) is 34.1 Å². The molecular weight excluding hydrogens is 356 g/mol. The Bertz CT molecular complexity index is 1560. The van der Waals surface area contributed by atoms with Crippen LogP contribution in [-0.4, -0.2) is 4.98 Å². The van der Waals surface area contributed by atoms with Crippen molar-refractivity contribution in [1.82, 2.24) is 4.98 Å². The third-order valence-electron chi connectivity index (χ3n) is 5.74. The Morgan fingerprint density at radius 3 is 2.66 bits per heavy atom. The predicted octanol–water partition coefficient (Wildman–Crippen LogP) is 6.37. The highest BCUT2D eigenvalue weighted by molar-refractivity contribution is 6.20. The van der Waals surface area contributed by atoms with Gasteiger partial charge in [-0.1, -0.05) is 50.2 Å². The number of nitrogens with zero attached hydrogens (tertiary/aromatic N) is 2. The molecule has 0 bridgehead atoms. The summed E-state index contributed by atoms with van der Waals surface area (Å²) in [7, 11) is 1.91. The van der Waals surface area contributed by atoms with E-state index in [1.165, 1.54) is 6.92 Å². The van der Waals surface area contributed by atoms with Crippen LogP contribution in [0.5, 0.6) is 0 Å². The molecule has 0 aliphatic carbocycles. The number of benzene rings is 2. The van der Waals surface area contributed by atoms with Gasteiger partial charge in [0.1, 0.15) is 7.05 Å². The van der Waals surface area contributed by atoms with Crippen molar-refractivity contribution in [2.45, 2.75) is 33.5 Å². The predicted molar refractivity (Wildman–Crippen MR) is 119 cm³/mol. The van der Waals surface area contributed by atoms with Gasteiger partial charge in [-0.05, 0) is 36.3 Å². The molecule has 5 rings (SSSR count). The van der Waals surface area contributed by atoms with Crippen molar-refractivity contribution >= 4 is 32.8 Å². The van der Waals surface area contributed by atoms with Crippen molar-refractivity contribution in [3.8, 4) is 11.3 Å². The molecule has 5 aromatic rings. The summed E-state index contributed by atoms with van der Waals surface area (Å²) >= 11 is 0. The molecule has 0 fully saturated rings. The summed E-state index contributed by atoms with van der Waals surface area (Å²) in [6.07, 6.45) is 1.81. The fraction of sp³-hybridized carbons (Fsp3) is 0.231. The Kier molecular flexibility index (Phi) is 3.07. The standard InChI is InChI=1S/C26H25N2O/c1-15(2)18-12-13-28(5)22(14-18)23-16(3)10-11-21-24-20-9-7-6-8-19(20)17(4)27-26(24)29-25(21)23/h6-15H,1-5H3/q+1/i1D3,15D. The van der Waals surface area contributed by atoms with E-state index in [0.717, 1.165) is 44.1 Å². The molecule has 2 aromatic carbocycles. The number of hydrogen-bond donors (Lipinski definition) is 0. The Hall–Kier alpha value is -3.20. The zero-order valence-electron chi connectivity index (χ0n) is 21.0. The quantitative estimate of drug-likeness (QED) is 0.331. The Morgan fingerprint density at radius 2 is 1.86 bits per heavy atom. The Balaban J connectivity index is 1.87. The number of rotatable bonds is 2. The van der Waals surface area contributed by atoms with Crippen LogP contribution >= 0.6 is 0 Å². The number of aryl methyl sites for hydroxylation is 3. The van der Waals surface area contributed by atoms with E-state index < -0.39 is 12.7 Å². The molecule has 144 valence electrons. The molecule has 0 saturated carbocycles. The summed E-state index contributed by atoms with van der Waals surface area (Å²) in [6.45, 7) is 2.97. The van der Waals surface area contributed by atoms with E-state index in [9.17, 15) is 0 Å². The maximum Gasteiger partial charge on any atom is 0.228 e. The van der Waals surface area contributed by atoms with Crippen molar-refractivity contribution in [3.63, 3.8) is 0 Å². The minimum absolute atomic E-state index is 0.433. The molecule has 3 nitrogen and oxygen atoms in total. The second-order valence-electron chi connectivity index (χ2n) is 7.70. The van der Waals surface area contributed by atoms with Gasteiger partial charge in [0.05, 0.1) is 10.9 Å². The van der Waals surface area contributed by atoms with Crippen LogP contribution in [0.15, 0.2) is 59.1 Å². The molecule has 0 N–H and O–H groups in total. The number of furan rings is 1. The summed E-state index contributed by atoms with van der Waals surface area (Å²) in [5, 5.41) is 4.11. The number of aromatic nitrogens is 2. The van der Waals surface area contributed by atoms with Gasteiger partial charge in [-0.15, -0.1) is 0 Å². The van der Waals surface area contributed by atoms with Crippen molar-refractivity contribution < 1.29 is 14.5 Å². The lowest BCUT2D eigenvalue weighted by atomic mass is 9.96. The number of pyridine rings is 2. The van der Waals surface area contributed by atoms with E-state index in [-0.39, 0.29) is 0 Å². The van der Waals surface area contributed by atoms with Crippen LogP contribution < -0.4 is 4.57 Å². The minimum Gasteiger partial charge on any atom is -0.437 e. The Labute approximate surface area is 176 Å². The molecule has 0 saturated heterocycles. The molecule has 0 aliphatic heterocycles. The van der Waals surface area contributed by atoms with Crippen LogP contribution in [0, 0.1) is 13.8 Å². The summed E-state index contributed by atoms with van der Waals surface area (Å²) in [6, 6.07) is 15.8. The maximum absolute atomic E-state index is 8.56. The zero-order valence-corrected chi connectivity index (χ0v) is 17.0. The summed E-state index contributed by atoms with van der Waals surface area (Å²) in [4.78, 5) is 4.74. The number of hydrogen-bond acceptors (Lipinski definition) is 2. The van der Waals surface area contributed by atoms with Gasteiger partial charge in [0.2, 0.25) is 11.4 Å². The van der Waals surface area contributed by atoms with Crippen LogP contribution in [-0.2, 0) is 7.05 Å². The normalized spacial score (nSPS) is 16.4. The van der Waals surface area contributed by atoms with E-state index in [0.29, 0.717) is 16.9 Å². The lowest BCUT2D eigenvalue weighted by Crippen LogP contribution is -2.31. The molecule has 0 spiro atoms. The third-order valence-corrected chi connectivity index (χ3v) is 5.74. The van der Waals surface area contributed by atoms with Gasteiger partial charge in [0.25, 0.3) is 0 Å². The highest BCUT2D eigenvalue weighted by atomic mass is 16.3. The van der Waals surface area contributed by atoms with E-state index in [1.807, 2.05) is 43.8 Å². The highest BCUT2D eigenvalue weighted by Gasteiger charge is 2.23. The van der Waals surface area contributed by atoms with Crippen molar-refractivity contribution in [1.29, 1.82) is 0 Å². The Morgan fingerprint density at radius 1 is 1.07 bits per heavy atom. The first-order valence-corrected chi connectivity index (χ1v) is 9.72. The molecule has 0 aliphatic rings. The highest BCUT2D eigenvalue weighted by Crippen LogP contribution is 2.40. The monoisotopic (exact) mass is 385 g/mol. The second-order valence-corrected chi connectivity index (χ2v) is 7.70. The van der Waals surface area contributed by atoms with Crippen molar-refractivity contribution in [3.05, 3.63) is 71.5 Å². The SMILES string of the molecule is [2H]C([2H])([2H])C([2H])(C)c1cc[n+](C)c(-c2c(C)ccc3c2oc2nc(C)c4ccccc4c23)c1. The molecule has 1 atom stereocenters. The van der Waals surface area contributed by atoms with E-state index in [4.69, 9.17) is 14.9 Å². The van der Waals surface area contributed by atoms with Gasteiger partial charge in [-0.2, -0.15) is 0 Å². The first-order valence-electron chi connectivity index (χ1n) is 11.7. The lowest BCUT2D eigenvalue weighted by Gasteiger charge is -2.09. The van der Waals surface area contributed by atoms with Crippen LogP contribution in [0.2, 0.25) is 0 Å². The number of fused-ring (bicyclic) bond motifs is 5. The smallest absolute Gasteiger partial charge is 0.228 e. The molecular formula is C26H25N2O+. The van der Waals surface area contributed by atoms with Gasteiger partial charge in [-0.25, -0.2) is 9.55 Å².